The zero-order chi connectivity index (χ0) is 23.3. The van der Waals surface area contributed by atoms with Crippen molar-refractivity contribution in [2.24, 2.45) is 0 Å². The third-order valence-electron chi connectivity index (χ3n) is 4.50. The number of aryl methyl sites for hydroxylation is 1. The van der Waals surface area contributed by atoms with Crippen LogP contribution in [-0.2, 0) is 30.3 Å². The fraction of sp³-hybridized carbons (Fsp3) is 0.333. The lowest BCUT2D eigenvalue weighted by Gasteiger charge is -2.10. The number of amides is 2. The van der Waals surface area contributed by atoms with Gasteiger partial charge in [-0.2, -0.15) is 0 Å². The first-order chi connectivity index (χ1) is 15.4. The lowest BCUT2D eigenvalue weighted by Crippen LogP contribution is -2.21. The minimum absolute atomic E-state index is 0.0321. The van der Waals surface area contributed by atoms with Crippen LogP contribution in [0.1, 0.15) is 49.0 Å². The number of hydrogen-bond acceptors (Lipinski definition) is 6. The van der Waals surface area contributed by atoms with E-state index in [4.69, 9.17) is 9.47 Å². The molecule has 32 heavy (non-hydrogen) atoms. The van der Waals surface area contributed by atoms with Gasteiger partial charge in [0.15, 0.2) is 6.61 Å². The summed E-state index contributed by atoms with van der Waals surface area (Å²) in [6.45, 7) is 3.57. The average Bonchev–Trinajstić information content (AvgIpc) is 2.78. The van der Waals surface area contributed by atoms with Gasteiger partial charge in [-0.3, -0.25) is 14.4 Å². The van der Waals surface area contributed by atoms with Crippen molar-refractivity contribution < 1.29 is 28.7 Å². The molecule has 2 amide bonds. The van der Waals surface area contributed by atoms with E-state index < -0.39 is 24.5 Å². The zero-order valence-corrected chi connectivity index (χ0v) is 18.3. The van der Waals surface area contributed by atoms with E-state index in [1.807, 2.05) is 31.2 Å². The van der Waals surface area contributed by atoms with Gasteiger partial charge < -0.3 is 20.1 Å². The quantitative estimate of drug-likeness (QED) is 0.515. The first kappa shape index (κ1) is 24.6. The predicted molar refractivity (Wildman–Crippen MR) is 120 cm³/mol. The van der Waals surface area contributed by atoms with E-state index in [0.717, 1.165) is 17.7 Å². The molecule has 0 atom stereocenters. The van der Waals surface area contributed by atoms with Gasteiger partial charge in [0.2, 0.25) is 5.91 Å². The topological polar surface area (TPSA) is 111 Å². The number of esters is 2. The molecule has 0 heterocycles. The van der Waals surface area contributed by atoms with Crippen molar-refractivity contribution in [3.63, 3.8) is 0 Å². The molecule has 8 nitrogen and oxygen atoms in total. The number of carbonyl (C=O) groups is 4. The van der Waals surface area contributed by atoms with Crippen molar-refractivity contribution >= 4 is 35.1 Å². The summed E-state index contributed by atoms with van der Waals surface area (Å²) in [6, 6.07) is 13.7. The number of ether oxygens (including phenoxy) is 2. The fourth-order valence-corrected chi connectivity index (χ4v) is 2.88. The van der Waals surface area contributed by atoms with Gasteiger partial charge in [-0.1, -0.05) is 25.1 Å². The van der Waals surface area contributed by atoms with E-state index in [0.29, 0.717) is 17.7 Å². The van der Waals surface area contributed by atoms with Gasteiger partial charge in [-0.05, 0) is 55.7 Å². The van der Waals surface area contributed by atoms with Gasteiger partial charge in [-0.25, -0.2) is 4.79 Å². The van der Waals surface area contributed by atoms with Crippen LogP contribution in [0.15, 0.2) is 48.5 Å². The lowest BCUT2D eigenvalue weighted by molar-refractivity contribution is -0.147. The second-order valence-corrected chi connectivity index (χ2v) is 6.92. The minimum Gasteiger partial charge on any atom is -0.462 e. The molecule has 0 saturated heterocycles. The van der Waals surface area contributed by atoms with Crippen molar-refractivity contribution in [2.45, 2.75) is 39.5 Å². The molecule has 0 aliphatic heterocycles. The summed E-state index contributed by atoms with van der Waals surface area (Å²) in [7, 11) is 0. The van der Waals surface area contributed by atoms with Gasteiger partial charge in [0.05, 0.1) is 12.2 Å². The van der Waals surface area contributed by atoms with Crippen molar-refractivity contribution in [3.05, 3.63) is 59.7 Å². The van der Waals surface area contributed by atoms with Gasteiger partial charge >= 0.3 is 11.9 Å². The van der Waals surface area contributed by atoms with E-state index in [2.05, 4.69) is 10.6 Å². The van der Waals surface area contributed by atoms with E-state index in [9.17, 15) is 19.2 Å². The normalized spacial score (nSPS) is 10.2. The summed E-state index contributed by atoms with van der Waals surface area (Å²) < 4.78 is 9.84. The van der Waals surface area contributed by atoms with Crippen LogP contribution in [0.4, 0.5) is 11.4 Å². The molecular formula is C24H28N2O6. The van der Waals surface area contributed by atoms with Gasteiger partial charge in [0.25, 0.3) is 5.91 Å². The third-order valence-corrected chi connectivity index (χ3v) is 4.50. The number of benzene rings is 2. The Morgan fingerprint density at radius 1 is 0.812 bits per heavy atom. The Labute approximate surface area is 187 Å². The van der Waals surface area contributed by atoms with Crippen molar-refractivity contribution in [1.29, 1.82) is 0 Å². The van der Waals surface area contributed by atoms with Crippen LogP contribution >= 0.6 is 0 Å². The van der Waals surface area contributed by atoms with E-state index in [1.165, 1.54) is 12.1 Å². The molecule has 2 N–H and O–H groups in total. The van der Waals surface area contributed by atoms with Crippen molar-refractivity contribution in [1.82, 2.24) is 0 Å². The standard InChI is InChI=1S/C24H28N2O6/c1-3-17-8-5-6-9-20(17)26-21(27)10-7-11-23(29)32-16-22(28)25-19-14-12-18(13-15-19)24(30)31-4-2/h5-6,8-9,12-15H,3-4,7,10-11,16H2,1-2H3,(H,25,28)(H,26,27). The first-order valence-electron chi connectivity index (χ1n) is 10.5. The molecule has 2 aromatic carbocycles. The van der Waals surface area contributed by atoms with Crippen LogP contribution in [0.3, 0.4) is 0 Å². The third kappa shape index (κ3) is 8.22. The Morgan fingerprint density at radius 2 is 1.53 bits per heavy atom. The van der Waals surface area contributed by atoms with Crippen molar-refractivity contribution in [3.8, 4) is 0 Å². The SMILES string of the molecule is CCOC(=O)c1ccc(NC(=O)COC(=O)CCCC(=O)Nc2ccccc2CC)cc1. The summed E-state index contributed by atoms with van der Waals surface area (Å²) in [5.41, 5.74) is 2.65. The Balaban J connectivity index is 1.66. The monoisotopic (exact) mass is 440 g/mol. The van der Waals surface area contributed by atoms with Crippen molar-refractivity contribution in [2.75, 3.05) is 23.8 Å². The Morgan fingerprint density at radius 3 is 2.22 bits per heavy atom. The largest absolute Gasteiger partial charge is 0.462 e. The first-order valence-corrected chi connectivity index (χ1v) is 10.5. The smallest absolute Gasteiger partial charge is 0.338 e. The minimum atomic E-state index is -0.556. The highest BCUT2D eigenvalue weighted by atomic mass is 16.5. The van der Waals surface area contributed by atoms with Crippen LogP contribution in [0, 0.1) is 0 Å². The number of hydrogen-bond donors (Lipinski definition) is 2. The maximum Gasteiger partial charge on any atom is 0.338 e. The second kappa shape index (κ2) is 12.9. The van der Waals surface area contributed by atoms with Gasteiger partial charge in [0.1, 0.15) is 0 Å². The molecule has 0 radical (unpaired) electrons. The molecule has 0 spiro atoms. The molecule has 0 aliphatic carbocycles. The molecule has 0 fully saturated rings. The molecule has 0 aliphatic rings. The molecule has 2 aromatic rings. The predicted octanol–water partition coefficient (Wildman–Crippen LogP) is 3.72. The van der Waals surface area contributed by atoms with Crippen LogP contribution in [-0.4, -0.2) is 37.0 Å². The Hall–Kier alpha value is -3.68. The Bertz CT molecular complexity index is 940. The molecule has 2 rings (SSSR count). The molecule has 0 unspecified atom stereocenters. The van der Waals surface area contributed by atoms with E-state index in [1.54, 1.807) is 19.1 Å². The molecule has 8 heteroatoms. The highest BCUT2D eigenvalue weighted by molar-refractivity contribution is 5.94. The van der Waals surface area contributed by atoms with E-state index >= 15 is 0 Å². The molecule has 0 bridgehead atoms. The fourth-order valence-electron chi connectivity index (χ4n) is 2.88. The Kier molecular flexibility index (Phi) is 9.90. The summed E-state index contributed by atoms with van der Waals surface area (Å²) in [5.74, 6) is -1.68. The number of anilines is 2. The second-order valence-electron chi connectivity index (χ2n) is 6.92. The summed E-state index contributed by atoms with van der Waals surface area (Å²) >= 11 is 0. The number of carbonyl (C=O) groups excluding carboxylic acids is 4. The summed E-state index contributed by atoms with van der Waals surface area (Å²) in [4.78, 5) is 47.5. The summed E-state index contributed by atoms with van der Waals surface area (Å²) in [6.07, 6.45) is 1.33. The summed E-state index contributed by atoms with van der Waals surface area (Å²) in [5, 5.41) is 5.42. The highest BCUT2D eigenvalue weighted by Gasteiger charge is 2.11. The maximum atomic E-state index is 12.1. The maximum absolute atomic E-state index is 12.1. The molecule has 0 aromatic heterocycles. The van der Waals surface area contributed by atoms with Crippen LogP contribution < -0.4 is 10.6 Å². The highest BCUT2D eigenvalue weighted by Crippen LogP contribution is 2.16. The van der Waals surface area contributed by atoms with Crippen LogP contribution in [0.5, 0.6) is 0 Å². The van der Waals surface area contributed by atoms with E-state index in [-0.39, 0.29) is 25.4 Å². The molecule has 170 valence electrons. The number of para-hydroxylation sites is 1. The number of nitrogens with one attached hydrogen (secondary N) is 2. The molecular weight excluding hydrogens is 412 g/mol. The zero-order valence-electron chi connectivity index (χ0n) is 18.3. The van der Waals surface area contributed by atoms with Crippen LogP contribution in [0.25, 0.3) is 0 Å². The van der Waals surface area contributed by atoms with Crippen LogP contribution in [0.2, 0.25) is 0 Å². The van der Waals surface area contributed by atoms with Gasteiger partial charge in [-0.15, -0.1) is 0 Å². The number of rotatable bonds is 11. The van der Waals surface area contributed by atoms with Gasteiger partial charge in [0, 0.05) is 24.2 Å². The molecule has 0 saturated carbocycles. The average molecular weight is 440 g/mol. The lowest BCUT2D eigenvalue weighted by atomic mass is 10.1.